The summed E-state index contributed by atoms with van der Waals surface area (Å²) in [5.41, 5.74) is 1.83. The van der Waals surface area contributed by atoms with Crippen LogP contribution in [0.5, 0.6) is 5.75 Å². The second kappa shape index (κ2) is 8.40. The van der Waals surface area contributed by atoms with Crippen molar-refractivity contribution in [2.75, 3.05) is 20.3 Å². The van der Waals surface area contributed by atoms with Crippen LogP contribution in [0.3, 0.4) is 0 Å². The van der Waals surface area contributed by atoms with Crippen LogP contribution >= 0.6 is 11.3 Å². The van der Waals surface area contributed by atoms with Gasteiger partial charge in [-0.15, -0.1) is 11.3 Å². The van der Waals surface area contributed by atoms with E-state index in [-0.39, 0.29) is 12.0 Å². The van der Waals surface area contributed by atoms with Gasteiger partial charge in [0.15, 0.2) is 0 Å². The van der Waals surface area contributed by atoms with Gasteiger partial charge in [0, 0.05) is 18.5 Å². The van der Waals surface area contributed by atoms with E-state index >= 15 is 0 Å². The Labute approximate surface area is 164 Å². The van der Waals surface area contributed by atoms with Crippen molar-refractivity contribution in [3.05, 3.63) is 45.4 Å². The number of hydrogen-bond donors (Lipinski definition) is 0. The highest BCUT2D eigenvalue weighted by molar-refractivity contribution is 7.11. The van der Waals surface area contributed by atoms with E-state index in [0.29, 0.717) is 24.5 Å². The molecule has 1 aliphatic heterocycles. The molecule has 1 unspecified atom stereocenters. The highest BCUT2D eigenvalue weighted by Gasteiger charge is 2.22. The summed E-state index contributed by atoms with van der Waals surface area (Å²) in [4.78, 5) is 20.9. The molecule has 6 heteroatoms. The molecule has 2 heterocycles. The molecule has 4 rings (SSSR count). The summed E-state index contributed by atoms with van der Waals surface area (Å²) < 4.78 is 11.5. The number of hydrogen-bond acceptors (Lipinski definition) is 5. The minimum atomic E-state index is -0.0360. The van der Waals surface area contributed by atoms with Gasteiger partial charge in [0.1, 0.15) is 17.4 Å². The number of carbonyl (C=O) groups excluding carboxylic acids is 1. The van der Waals surface area contributed by atoms with Gasteiger partial charge in [-0.3, -0.25) is 4.79 Å². The van der Waals surface area contributed by atoms with Crippen LogP contribution in [0.15, 0.2) is 24.3 Å². The SMILES string of the molecule is CN(Cc1nc2c(s1)CCCC2)C(=O)c1ccccc1OCC1CCCO1. The van der Waals surface area contributed by atoms with Crippen molar-refractivity contribution >= 4 is 17.2 Å². The van der Waals surface area contributed by atoms with E-state index in [0.717, 1.165) is 37.3 Å². The summed E-state index contributed by atoms with van der Waals surface area (Å²) in [7, 11) is 1.83. The molecule has 2 aromatic rings. The summed E-state index contributed by atoms with van der Waals surface area (Å²) in [5, 5.41) is 1.02. The van der Waals surface area contributed by atoms with Crippen molar-refractivity contribution in [1.82, 2.24) is 9.88 Å². The lowest BCUT2D eigenvalue weighted by molar-refractivity contribution is 0.0656. The van der Waals surface area contributed by atoms with Crippen LogP contribution in [0.25, 0.3) is 0 Å². The Bertz CT molecular complexity index is 775. The molecule has 1 saturated heterocycles. The Morgan fingerprint density at radius 1 is 1.30 bits per heavy atom. The Hall–Kier alpha value is -1.92. The van der Waals surface area contributed by atoms with Gasteiger partial charge >= 0.3 is 0 Å². The van der Waals surface area contributed by atoms with Gasteiger partial charge in [-0.25, -0.2) is 4.98 Å². The fourth-order valence-corrected chi connectivity index (χ4v) is 4.89. The lowest BCUT2D eigenvalue weighted by atomic mass is 10.0. The summed E-state index contributed by atoms with van der Waals surface area (Å²) in [6, 6.07) is 7.47. The number of amides is 1. The number of carbonyl (C=O) groups is 1. The highest BCUT2D eigenvalue weighted by Crippen LogP contribution is 2.28. The van der Waals surface area contributed by atoms with Crippen molar-refractivity contribution in [2.45, 2.75) is 51.2 Å². The minimum Gasteiger partial charge on any atom is -0.490 e. The monoisotopic (exact) mass is 386 g/mol. The number of nitrogens with zero attached hydrogens (tertiary/aromatic N) is 2. The molecule has 1 atom stereocenters. The first-order chi connectivity index (χ1) is 13.2. The number of ether oxygens (including phenoxy) is 2. The molecule has 0 radical (unpaired) electrons. The lowest BCUT2D eigenvalue weighted by Gasteiger charge is -2.19. The normalized spacial score (nSPS) is 18.9. The molecule has 5 nitrogen and oxygen atoms in total. The number of thiazole rings is 1. The molecule has 1 aromatic carbocycles. The van der Waals surface area contributed by atoms with Crippen LogP contribution in [-0.2, 0) is 24.1 Å². The predicted molar refractivity (Wildman–Crippen MR) is 105 cm³/mol. The van der Waals surface area contributed by atoms with Crippen LogP contribution in [-0.4, -0.2) is 42.2 Å². The first-order valence-electron chi connectivity index (χ1n) is 9.77. The fraction of sp³-hybridized carbons (Fsp3) is 0.524. The van der Waals surface area contributed by atoms with Gasteiger partial charge < -0.3 is 14.4 Å². The third-order valence-electron chi connectivity index (χ3n) is 5.18. The summed E-state index contributed by atoms with van der Waals surface area (Å²) in [6.07, 6.45) is 6.90. The molecule has 0 bridgehead atoms. The van der Waals surface area contributed by atoms with Gasteiger partial charge in [-0.05, 0) is 50.7 Å². The zero-order valence-corrected chi connectivity index (χ0v) is 16.6. The molecular weight excluding hydrogens is 360 g/mol. The Kier molecular flexibility index (Phi) is 5.74. The smallest absolute Gasteiger partial charge is 0.257 e. The first-order valence-corrected chi connectivity index (χ1v) is 10.6. The molecule has 0 saturated carbocycles. The molecule has 1 amide bonds. The van der Waals surface area contributed by atoms with Gasteiger partial charge in [0.25, 0.3) is 5.91 Å². The molecule has 1 aliphatic carbocycles. The number of aromatic nitrogens is 1. The van der Waals surface area contributed by atoms with E-state index in [2.05, 4.69) is 0 Å². The van der Waals surface area contributed by atoms with Gasteiger partial charge in [-0.1, -0.05) is 12.1 Å². The molecule has 0 spiro atoms. The van der Waals surface area contributed by atoms with Gasteiger partial charge in [0.05, 0.1) is 23.9 Å². The largest absolute Gasteiger partial charge is 0.490 e. The van der Waals surface area contributed by atoms with Crippen LogP contribution in [0.2, 0.25) is 0 Å². The molecule has 1 aromatic heterocycles. The van der Waals surface area contributed by atoms with Crippen LogP contribution in [0, 0.1) is 0 Å². The maximum atomic E-state index is 13.0. The number of fused-ring (bicyclic) bond motifs is 1. The fourth-order valence-electron chi connectivity index (χ4n) is 3.68. The molecule has 27 heavy (non-hydrogen) atoms. The van der Waals surface area contributed by atoms with E-state index in [4.69, 9.17) is 14.5 Å². The minimum absolute atomic E-state index is 0.0360. The molecule has 144 valence electrons. The van der Waals surface area contributed by atoms with Crippen LogP contribution in [0.4, 0.5) is 0 Å². The number of aryl methyl sites for hydroxylation is 2. The van der Waals surface area contributed by atoms with Crippen LogP contribution in [0.1, 0.15) is 51.6 Å². The Morgan fingerprint density at radius 2 is 2.15 bits per heavy atom. The molecule has 2 aliphatic rings. The Morgan fingerprint density at radius 3 is 2.96 bits per heavy atom. The zero-order valence-electron chi connectivity index (χ0n) is 15.8. The van der Waals surface area contributed by atoms with Crippen molar-refractivity contribution < 1.29 is 14.3 Å². The topological polar surface area (TPSA) is 51.7 Å². The maximum Gasteiger partial charge on any atom is 0.257 e. The van der Waals surface area contributed by atoms with Crippen LogP contribution < -0.4 is 4.74 Å². The standard InChI is InChI=1S/C21H26N2O3S/c1-23(13-20-22-17-9-3-5-11-19(17)27-20)21(24)16-8-2-4-10-18(16)26-14-15-7-6-12-25-15/h2,4,8,10,15H,3,5-7,9,11-14H2,1H3. The number of para-hydroxylation sites is 1. The van der Waals surface area contributed by atoms with Gasteiger partial charge in [-0.2, -0.15) is 0 Å². The average Bonchev–Trinajstić information content (AvgIpc) is 3.35. The van der Waals surface area contributed by atoms with E-state index in [9.17, 15) is 4.79 Å². The summed E-state index contributed by atoms with van der Waals surface area (Å²) in [6.45, 7) is 1.83. The second-order valence-electron chi connectivity index (χ2n) is 7.29. The Balaban J connectivity index is 1.42. The summed E-state index contributed by atoms with van der Waals surface area (Å²) in [5.74, 6) is 0.592. The first kappa shape index (κ1) is 18.4. The third kappa shape index (κ3) is 4.33. The van der Waals surface area contributed by atoms with E-state index < -0.39 is 0 Å². The maximum absolute atomic E-state index is 13.0. The zero-order chi connectivity index (χ0) is 18.6. The second-order valence-corrected chi connectivity index (χ2v) is 8.46. The van der Waals surface area contributed by atoms with E-state index in [1.165, 1.54) is 23.4 Å². The average molecular weight is 387 g/mol. The van der Waals surface area contributed by atoms with Crippen molar-refractivity contribution in [3.8, 4) is 5.75 Å². The molecule has 1 fully saturated rings. The van der Waals surface area contributed by atoms with E-state index in [1.54, 1.807) is 16.2 Å². The molecule has 0 N–H and O–H groups in total. The third-order valence-corrected chi connectivity index (χ3v) is 6.32. The molecular formula is C21H26N2O3S. The van der Waals surface area contributed by atoms with Gasteiger partial charge in [0.2, 0.25) is 0 Å². The van der Waals surface area contributed by atoms with Crippen molar-refractivity contribution in [2.24, 2.45) is 0 Å². The quantitative estimate of drug-likeness (QED) is 0.757. The number of rotatable bonds is 6. The lowest BCUT2D eigenvalue weighted by Crippen LogP contribution is -2.27. The number of benzene rings is 1. The summed E-state index contributed by atoms with van der Waals surface area (Å²) >= 11 is 1.75. The predicted octanol–water partition coefficient (Wildman–Crippen LogP) is 3.85. The van der Waals surface area contributed by atoms with Crippen molar-refractivity contribution in [1.29, 1.82) is 0 Å². The van der Waals surface area contributed by atoms with Crippen molar-refractivity contribution in [3.63, 3.8) is 0 Å². The highest BCUT2D eigenvalue weighted by atomic mass is 32.1. The van der Waals surface area contributed by atoms with E-state index in [1.807, 2.05) is 31.3 Å².